The highest BCUT2D eigenvalue weighted by Gasteiger charge is 2.11. The molecule has 43 heavy (non-hydrogen) atoms. The van der Waals surface area contributed by atoms with E-state index in [0.29, 0.717) is 12.8 Å². The summed E-state index contributed by atoms with van der Waals surface area (Å²) in [6.45, 7) is 4.16. The summed E-state index contributed by atoms with van der Waals surface area (Å²) in [6.07, 6.45) is 37.4. The Kier molecular flexibility index (Phi) is 31.2. The molecule has 250 valence electrons. The quantitative estimate of drug-likeness (QED) is 0.0452. The molecule has 1 atom stereocenters. The topological polar surface area (TPSA) is 92.7 Å². The Morgan fingerprint density at radius 1 is 0.628 bits per heavy atom. The number of hydrogen-bond acceptors (Lipinski definition) is 4. The molecule has 0 aromatic heterocycles. The lowest BCUT2D eigenvalue weighted by molar-refractivity contribution is -0.147. The summed E-state index contributed by atoms with van der Waals surface area (Å²) in [5, 5.41) is 11.0. The van der Waals surface area contributed by atoms with Crippen molar-refractivity contribution in [2.75, 3.05) is 6.54 Å². The molecular formula is C37H67NO5. The highest BCUT2D eigenvalue weighted by atomic mass is 16.5. The van der Waals surface area contributed by atoms with Crippen LogP contribution in [0.3, 0.4) is 0 Å². The highest BCUT2D eigenvalue weighted by Crippen LogP contribution is 2.15. The van der Waals surface area contributed by atoms with E-state index in [1.807, 2.05) is 6.08 Å². The number of unbranched alkanes of at least 4 members (excludes halogenated alkanes) is 19. The van der Waals surface area contributed by atoms with Gasteiger partial charge >= 0.3 is 11.9 Å². The van der Waals surface area contributed by atoms with Crippen LogP contribution in [0.2, 0.25) is 0 Å². The standard InChI is InChI=1S/C37H67NO5/c1-3-5-7-9-11-13-14-15-16-17-18-20-22-28-32-37(42)43-34(29-25-21-19-12-10-8-6-4-2)30-26-23-24-27-31-35(39)38-33-36(40)41/h12,19,25,29,34H,3-11,13-18,20-24,26-28,30-33H2,1-2H3,(H,38,39)(H,40,41)/b19-12-,29-25-. The maximum atomic E-state index is 12.6. The molecule has 0 saturated carbocycles. The molecule has 0 aromatic rings. The summed E-state index contributed by atoms with van der Waals surface area (Å²) in [4.78, 5) is 34.8. The summed E-state index contributed by atoms with van der Waals surface area (Å²) in [6, 6.07) is 0. The molecule has 0 saturated heterocycles. The average Bonchev–Trinajstić information content (AvgIpc) is 2.99. The molecule has 0 spiro atoms. The molecule has 0 aromatic carbocycles. The van der Waals surface area contributed by atoms with Gasteiger partial charge in [0.1, 0.15) is 12.6 Å². The number of carboxylic acids is 1. The molecule has 0 radical (unpaired) electrons. The van der Waals surface area contributed by atoms with Crippen molar-refractivity contribution in [3.8, 4) is 0 Å². The van der Waals surface area contributed by atoms with Gasteiger partial charge in [0.25, 0.3) is 0 Å². The van der Waals surface area contributed by atoms with Crippen LogP contribution in [0.25, 0.3) is 0 Å². The third kappa shape index (κ3) is 32.6. The van der Waals surface area contributed by atoms with E-state index in [0.717, 1.165) is 57.8 Å². The summed E-state index contributed by atoms with van der Waals surface area (Å²) in [7, 11) is 0. The zero-order valence-electron chi connectivity index (χ0n) is 28.1. The molecule has 1 amide bonds. The van der Waals surface area contributed by atoms with E-state index in [1.54, 1.807) is 0 Å². The van der Waals surface area contributed by atoms with Crippen molar-refractivity contribution in [3.63, 3.8) is 0 Å². The van der Waals surface area contributed by atoms with Crippen LogP contribution in [0, 0.1) is 0 Å². The van der Waals surface area contributed by atoms with Gasteiger partial charge in [-0.05, 0) is 51.0 Å². The molecule has 0 aliphatic rings. The molecule has 2 N–H and O–H groups in total. The van der Waals surface area contributed by atoms with Gasteiger partial charge in [-0.2, -0.15) is 0 Å². The molecule has 1 unspecified atom stereocenters. The summed E-state index contributed by atoms with van der Waals surface area (Å²) >= 11 is 0. The van der Waals surface area contributed by atoms with Crippen LogP contribution < -0.4 is 5.32 Å². The van der Waals surface area contributed by atoms with Gasteiger partial charge in [0.2, 0.25) is 5.91 Å². The molecule has 0 rings (SSSR count). The molecule has 6 nitrogen and oxygen atoms in total. The SMILES string of the molecule is CCCCC/C=C\C/C=C\C(CCCCCCC(=O)NCC(=O)O)OC(=O)CCCCCCCCCCCCCCCC. The number of hydrogen-bond donors (Lipinski definition) is 2. The van der Waals surface area contributed by atoms with E-state index in [9.17, 15) is 14.4 Å². The summed E-state index contributed by atoms with van der Waals surface area (Å²) in [5.74, 6) is -1.35. The Bertz CT molecular complexity index is 718. The smallest absolute Gasteiger partial charge is 0.322 e. The van der Waals surface area contributed by atoms with Gasteiger partial charge in [-0.15, -0.1) is 0 Å². The van der Waals surface area contributed by atoms with Gasteiger partial charge in [-0.25, -0.2) is 0 Å². The van der Waals surface area contributed by atoms with E-state index < -0.39 is 5.97 Å². The summed E-state index contributed by atoms with van der Waals surface area (Å²) in [5.41, 5.74) is 0. The first-order valence-corrected chi connectivity index (χ1v) is 18.0. The zero-order valence-corrected chi connectivity index (χ0v) is 28.1. The number of allylic oxidation sites excluding steroid dienone is 3. The van der Waals surface area contributed by atoms with Crippen molar-refractivity contribution < 1.29 is 24.2 Å². The Labute approximate surface area is 264 Å². The van der Waals surface area contributed by atoms with Gasteiger partial charge in [-0.1, -0.05) is 141 Å². The fourth-order valence-corrected chi connectivity index (χ4v) is 5.17. The largest absolute Gasteiger partial charge is 0.480 e. The van der Waals surface area contributed by atoms with Gasteiger partial charge < -0.3 is 15.2 Å². The predicted molar refractivity (Wildman–Crippen MR) is 180 cm³/mol. The minimum atomic E-state index is -1.03. The van der Waals surface area contributed by atoms with Crippen molar-refractivity contribution in [1.29, 1.82) is 0 Å². The second-order valence-corrected chi connectivity index (χ2v) is 12.1. The second kappa shape index (κ2) is 32.8. The van der Waals surface area contributed by atoms with E-state index in [1.165, 1.54) is 96.3 Å². The second-order valence-electron chi connectivity index (χ2n) is 12.1. The van der Waals surface area contributed by atoms with Crippen molar-refractivity contribution in [3.05, 3.63) is 24.3 Å². The molecule has 6 heteroatoms. The van der Waals surface area contributed by atoms with Gasteiger partial charge in [0.15, 0.2) is 0 Å². The number of esters is 1. The Hall–Kier alpha value is -2.11. The van der Waals surface area contributed by atoms with E-state index >= 15 is 0 Å². The molecule has 0 heterocycles. The number of carboxylic acid groups (broad SMARTS) is 1. The van der Waals surface area contributed by atoms with Crippen LogP contribution in [-0.2, 0) is 19.1 Å². The zero-order chi connectivity index (χ0) is 31.6. The Balaban J connectivity index is 4.16. The number of aliphatic carboxylic acids is 1. The molecular weight excluding hydrogens is 538 g/mol. The maximum absolute atomic E-state index is 12.6. The normalized spacial score (nSPS) is 12.2. The summed E-state index contributed by atoms with van der Waals surface area (Å²) < 4.78 is 5.85. The van der Waals surface area contributed by atoms with E-state index in [4.69, 9.17) is 9.84 Å². The third-order valence-electron chi connectivity index (χ3n) is 7.86. The number of rotatable bonds is 32. The average molecular weight is 606 g/mol. The van der Waals surface area contributed by atoms with E-state index in [2.05, 4.69) is 37.4 Å². The number of nitrogens with one attached hydrogen (secondary N) is 1. The third-order valence-corrected chi connectivity index (χ3v) is 7.86. The van der Waals surface area contributed by atoms with Crippen LogP contribution in [0.5, 0.6) is 0 Å². The van der Waals surface area contributed by atoms with Gasteiger partial charge in [0, 0.05) is 12.8 Å². The maximum Gasteiger partial charge on any atom is 0.322 e. The Morgan fingerprint density at radius 2 is 1.14 bits per heavy atom. The van der Waals surface area contributed by atoms with Crippen LogP contribution >= 0.6 is 0 Å². The van der Waals surface area contributed by atoms with Crippen molar-refractivity contribution in [2.24, 2.45) is 0 Å². The Morgan fingerprint density at radius 3 is 1.72 bits per heavy atom. The predicted octanol–water partition coefficient (Wildman–Crippen LogP) is 10.4. The molecule has 0 aliphatic heterocycles. The highest BCUT2D eigenvalue weighted by molar-refractivity contribution is 5.80. The van der Waals surface area contributed by atoms with Gasteiger partial charge in [0.05, 0.1) is 0 Å². The van der Waals surface area contributed by atoms with E-state index in [-0.39, 0.29) is 24.5 Å². The lowest BCUT2D eigenvalue weighted by atomic mass is 10.0. The van der Waals surface area contributed by atoms with Crippen LogP contribution in [0.15, 0.2) is 24.3 Å². The molecule has 0 bridgehead atoms. The number of amides is 1. The fourth-order valence-electron chi connectivity index (χ4n) is 5.17. The van der Waals surface area contributed by atoms with Crippen LogP contribution in [0.1, 0.15) is 181 Å². The van der Waals surface area contributed by atoms with Gasteiger partial charge in [-0.3, -0.25) is 14.4 Å². The first-order chi connectivity index (χ1) is 21.0. The minimum Gasteiger partial charge on any atom is -0.480 e. The lowest BCUT2D eigenvalue weighted by Gasteiger charge is -2.14. The minimum absolute atomic E-state index is 0.0983. The molecule has 0 aliphatic carbocycles. The van der Waals surface area contributed by atoms with Crippen molar-refractivity contribution in [2.45, 2.75) is 187 Å². The number of ether oxygens (including phenoxy) is 1. The molecule has 0 fully saturated rings. The van der Waals surface area contributed by atoms with Crippen molar-refractivity contribution >= 4 is 17.8 Å². The van der Waals surface area contributed by atoms with Crippen molar-refractivity contribution in [1.82, 2.24) is 5.32 Å². The van der Waals surface area contributed by atoms with Crippen LogP contribution in [-0.4, -0.2) is 35.6 Å². The monoisotopic (exact) mass is 606 g/mol. The number of carbonyl (C=O) groups is 3. The fraction of sp³-hybridized carbons (Fsp3) is 0.811. The van der Waals surface area contributed by atoms with Crippen LogP contribution in [0.4, 0.5) is 0 Å². The first kappa shape index (κ1) is 40.9. The first-order valence-electron chi connectivity index (χ1n) is 18.0. The number of carbonyl (C=O) groups excluding carboxylic acids is 2. The lowest BCUT2D eigenvalue weighted by Crippen LogP contribution is -2.28.